The molecule has 3 rings (SSSR count). The molecule has 0 spiro atoms. The predicted molar refractivity (Wildman–Crippen MR) is 101 cm³/mol. The summed E-state index contributed by atoms with van der Waals surface area (Å²) in [4.78, 5) is 11.5. The maximum absolute atomic E-state index is 11.5. The summed E-state index contributed by atoms with van der Waals surface area (Å²) in [6.45, 7) is 4.51. The van der Waals surface area contributed by atoms with Crippen LogP contribution in [0.1, 0.15) is 68.1 Å². The number of ether oxygens (including phenoxy) is 2. The summed E-state index contributed by atoms with van der Waals surface area (Å²) in [5.74, 6) is 1.44. The molecule has 2 aliphatic rings. The first kappa shape index (κ1) is 19.2. The Bertz CT molecular complexity index is 619. The zero-order chi connectivity index (χ0) is 18.5. The van der Waals surface area contributed by atoms with Gasteiger partial charge in [-0.2, -0.15) is 0 Å². The monoisotopic (exact) mass is 360 g/mol. The van der Waals surface area contributed by atoms with Crippen molar-refractivity contribution in [2.45, 2.75) is 83.8 Å². The van der Waals surface area contributed by atoms with Gasteiger partial charge in [-0.1, -0.05) is 49.8 Å². The molecule has 2 unspecified atom stereocenters. The summed E-state index contributed by atoms with van der Waals surface area (Å²) >= 11 is 0. The van der Waals surface area contributed by atoms with Crippen LogP contribution in [-0.4, -0.2) is 29.9 Å². The van der Waals surface area contributed by atoms with E-state index in [9.17, 15) is 9.90 Å². The van der Waals surface area contributed by atoms with Crippen molar-refractivity contribution in [1.82, 2.24) is 0 Å². The molecule has 2 fully saturated rings. The summed E-state index contributed by atoms with van der Waals surface area (Å²) < 4.78 is 11.4. The molecule has 1 aliphatic carbocycles. The summed E-state index contributed by atoms with van der Waals surface area (Å²) in [6.07, 6.45) is 8.67. The minimum atomic E-state index is -0.616. The van der Waals surface area contributed by atoms with Crippen molar-refractivity contribution in [3.63, 3.8) is 0 Å². The molecular formula is C22H32O4. The van der Waals surface area contributed by atoms with Gasteiger partial charge in [-0.15, -0.1) is 0 Å². The standard InChI is InChI=1S/C22H32O4/c1-15-10-16(2)22(25-14-20-12-19(23)13-21(24)26-20)18(11-15)9-8-17-6-4-3-5-7-17/h10-11,17,19-20,23H,3-9,12-14H2,1-2H3. The molecule has 1 heterocycles. The molecule has 1 N–H and O–H groups in total. The third-order valence-corrected chi connectivity index (χ3v) is 5.69. The smallest absolute Gasteiger partial charge is 0.308 e. The Morgan fingerprint density at radius 3 is 2.69 bits per heavy atom. The van der Waals surface area contributed by atoms with Crippen LogP contribution in [0.2, 0.25) is 0 Å². The lowest BCUT2D eigenvalue weighted by Crippen LogP contribution is -2.36. The number of aliphatic hydroxyl groups is 1. The van der Waals surface area contributed by atoms with E-state index in [1.807, 2.05) is 0 Å². The van der Waals surface area contributed by atoms with E-state index in [2.05, 4.69) is 26.0 Å². The van der Waals surface area contributed by atoms with E-state index in [-0.39, 0.29) is 18.5 Å². The molecule has 2 atom stereocenters. The lowest BCUT2D eigenvalue weighted by atomic mass is 9.85. The second-order valence-electron chi connectivity index (χ2n) is 8.13. The number of cyclic esters (lactones) is 1. The van der Waals surface area contributed by atoms with Gasteiger partial charge in [0.05, 0.1) is 12.5 Å². The largest absolute Gasteiger partial charge is 0.489 e. The van der Waals surface area contributed by atoms with Crippen LogP contribution >= 0.6 is 0 Å². The second kappa shape index (κ2) is 8.90. The van der Waals surface area contributed by atoms with Gasteiger partial charge in [-0.3, -0.25) is 4.79 Å². The number of aryl methyl sites for hydroxylation is 3. The zero-order valence-electron chi connectivity index (χ0n) is 16.1. The van der Waals surface area contributed by atoms with Gasteiger partial charge < -0.3 is 14.6 Å². The highest BCUT2D eigenvalue weighted by Crippen LogP contribution is 2.32. The number of benzene rings is 1. The lowest BCUT2D eigenvalue weighted by molar-refractivity contribution is -0.162. The molecule has 1 aliphatic heterocycles. The van der Waals surface area contributed by atoms with Crippen LogP contribution in [0.25, 0.3) is 0 Å². The average Bonchev–Trinajstić information content (AvgIpc) is 2.59. The van der Waals surface area contributed by atoms with E-state index in [1.165, 1.54) is 49.7 Å². The molecule has 0 bridgehead atoms. The van der Waals surface area contributed by atoms with Crippen LogP contribution in [-0.2, 0) is 16.0 Å². The van der Waals surface area contributed by atoms with Crippen molar-refractivity contribution in [1.29, 1.82) is 0 Å². The summed E-state index contributed by atoms with van der Waals surface area (Å²) in [5.41, 5.74) is 3.65. The van der Waals surface area contributed by atoms with E-state index in [0.717, 1.165) is 23.7 Å². The van der Waals surface area contributed by atoms with Gasteiger partial charge in [0.15, 0.2) is 0 Å². The first-order chi connectivity index (χ1) is 12.5. The van der Waals surface area contributed by atoms with E-state index in [4.69, 9.17) is 9.47 Å². The molecule has 0 radical (unpaired) electrons. The topological polar surface area (TPSA) is 55.8 Å². The third kappa shape index (κ3) is 5.23. The summed E-state index contributed by atoms with van der Waals surface area (Å²) in [6, 6.07) is 4.37. The Morgan fingerprint density at radius 2 is 1.96 bits per heavy atom. The Kier molecular flexibility index (Phi) is 6.58. The molecule has 144 valence electrons. The van der Waals surface area contributed by atoms with Crippen LogP contribution in [0.15, 0.2) is 12.1 Å². The van der Waals surface area contributed by atoms with Crippen LogP contribution in [0, 0.1) is 19.8 Å². The number of esters is 1. The summed E-state index contributed by atoms with van der Waals surface area (Å²) in [5, 5.41) is 9.76. The Morgan fingerprint density at radius 1 is 1.19 bits per heavy atom. The van der Waals surface area contributed by atoms with Gasteiger partial charge in [0.2, 0.25) is 0 Å². The molecule has 1 saturated heterocycles. The number of carbonyl (C=O) groups excluding carboxylic acids is 1. The van der Waals surface area contributed by atoms with Crippen LogP contribution < -0.4 is 4.74 Å². The van der Waals surface area contributed by atoms with Gasteiger partial charge in [0.1, 0.15) is 18.5 Å². The SMILES string of the molecule is Cc1cc(C)c(OCC2CC(O)CC(=O)O2)c(CCC2CCCCC2)c1. The minimum absolute atomic E-state index is 0.0900. The van der Waals surface area contributed by atoms with E-state index >= 15 is 0 Å². The highest BCUT2D eigenvalue weighted by Gasteiger charge is 2.28. The van der Waals surface area contributed by atoms with Crippen LogP contribution in [0.3, 0.4) is 0 Å². The van der Waals surface area contributed by atoms with Gasteiger partial charge in [-0.05, 0) is 43.7 Å². The highest BCUT2D eigenvalue weighted by molar-refractivity contribution is 5.71. The number of aliphatic hydroxyl groups excluding tert-OH is 1. The second-order valence-corrected chi connectivity index (χ2v) is 8.13. The van der Waals surface area contributed by atoms with Crippen LogP contribution in [0.4, 0.5) is 0 Å². The van der Waals surface area contributed by atoms with Crippen molar-refractivity contribution in [3.8, 4) is 5.75 Å². The fourth-order valence-corrected chi connectivity index (χ4v) is 4.41. The van der Waals surface area contributed by atoms with Crippen molar-refractivity contribution >= 4 is 5.97 Å². The Balaban J connectivity index is 1.64. The number of hydrogen-bond donors (Lipinski definition) is 1. The first-order valence-corrected chi connectivity index (χ1v) is 10.1. The molecule has 4 heteroatoms. The van der Waals surface area contributed by atoms with Gasteiger partial charge in [-0.25, -0.2) is 0 Å². The number of carbonyl (C=O) groups is 1. The molecule has 0 aromatic heterocycles. The van der Waals surface area contributed by atoms with Gasteiger partial charge in [0.25, 0.3) is 0 Å². The number of rotatable bonds is 6. The minimum Gasteiger partial charge on any atom is -0.489 e. The molecule has 1 saturated carbocycles. The molecule has 26 heavy (non-hydrogen) atoms. The molecule has 4 nitrogen and oxygen atoms in total. The Labute approximate surface area is 156 Å². The molecular weight excluding hydrogens is 328 g/mol. The maximum atomic E-state index is 11.5. The predicted octanol–water partition coefficient (Wildman–Crippen LogP) is 4.26. The van der Waals surface area contributed by atoms with E-state index in [0.29, 0.717) is 13.0 Å². The molecule has 0 amide bonds. The fraction of sp³-hybridized carbons (Fsp3) is 0.682. The van der Waals surface area contributed by atoms with Crippen molar-refractivity contribution in [2.24, 2.45) is 5.92 Å². The molecule has 1 aromatic carbocycles. The third-order valence-electron chi connectivity index (χ3n) is 5.69. The average molecular weight is 360 g/mol. The molecule has 1 aromatic rings. The maximum Gasteiger partial charge on any atom is 0.308 e. The zero-order valence-corrected chi connectivity index (χ0v) is 16.1. The number of hydrogen-bond acceptors (Lipinski definition) is 4. The van der Waals surface area contributed by atoms with Crippen molar-refractivity contribution in [3.05, 3.63) is 28.8 Å². The Hall–Kier alpha value is -1.55. The van der Waals surface area contributed by atoms with E-state index in [1.54, 1.807) is 0 Å². The normalized spacial score (nSPS) is 24.3. The van der Waals surface area contributed by atoms with Crippen molar-refractivity contribution in [2.75, 3.05) is 6.61 Å². The van der Waals surface area contributed by atoms with Gasteiger partial charge >= 0.3 is 5.97 Å². The fourth-order valence-electron chi connectivity index (χ4n) is 4.41. The highest BCUT2D eigenvalue weighted by atomic mass is 16.6. The van der Waals surface area contributed by atoms with Crippen LogP contribution in [0.5, 0.6) is 5.75 Å². The summed E-state index contributed by atoms with van der Waals surface area (Å²) in [7, 11) is 0. The first-order valence-electron chi connectivity index (χ1n) is 10.1. The van der Waals surface area contributed by atoms with E-state index < -0.39 is 6.10 Å². The quantitative estimate of drug-likeness (QED) is 0.770. The van der Waals surface area contributed by atoms with Crippen molar-refractivity contribution < 1.29 is 19.4 Å². The van der Waals surface area contributed by atoms with Gasteiger partial charge in [0, 0.05) is 6.42 Å². The lowest BCUT2D eigenvalue weighted by Gasteiger charge is -2.27.